The molecular formula is C15H27NO13. The summed E-state index contributed by atoms with van der Waals surface area (Å²) in [6.45, 7) is -1.67. The Morgan fingerprint density at radius 3 is 2.31 bits per heavy atom. The van der Waals surface area contributed by atoms with E-state index in [0.717, 1.165) is 0 Å². The van der Waals surface area contributed by atoms with Crippen LogP contribution in [0.15, 0.2) is 0 Å². The Balaban J connectivity index is 2.19. The predicted octanol–water partition coefficient (Wildman–Crippen LogP) is -6.22. The maximum atomic E-state index is 11.8. The summed E-state index contributed by atoms with van der Waals surface area (Å²) in [7, 11) is 0. The van der Waals surface area contributed by atoms with Crippen LogP contribution in [0, 0.1) is 0 Å². The molecule has 170 valence electrons. The SMILES string of the molecule is N[C@H]1C([C@H](O)[C@H](O)CO)O[C@@](OCC2OC(O)[C@@H](O)C(O)[C@@H]2O)(C(=O)O)C[C@H]1O. The Hall–Kier alpha value is -1.01. The molecule has 11 N–H and O–H groups in total. The van der Waals surface area contributed by atoms with Crippen LogP contribution in [0.5, 0.6) is 0 Å². The molecule has 2 saturated heterocycles. The van der Waals surface area contributed by atoms with Gasteiger partial charge in [-0.15, -0.1) is 0 Å². The van der Waals surface area contributed by atoms with E-state index < -0.39 is 92.6 Å². The van der Waals surface area contributed by atoms with Crippen molar-refractivity contribution in [2.75, 3.05) is 13.2 Å². The first kappa shape index (κ1) is 24.3. The van der Waals surface area contributed by atoms with Gasteiger partial charge in [-0.3, -0.25) is 0 Å². The molecule has 2 rings (SSSR count). The second-order valence-electron chi connectivity index (χ2n) is 7.08. The van der Waals surface area contributed by atoms with E-state index in [1.54, 1.807) is 0 Å². The number of aliphatic hydroxyl groups excluding tert-OH is 8. The smallest absolute Gasteiger partial charge is 0.364 e. The van der Waals surface area contributed by atoms with E-state index in [1.807, 2.05) is 0 Å². The molecule has 2 aliphatic rings. The minimum Gasteiger partial charge on any atom is -0.477 e. The zero-order chi connectivity index (χ0) is 22.1. The fourth-order valence-corrected chi connectivity index (χ4v) is 3.18. The van der Waals surface area contributed by atoms with E-state index in [0.29, 0.717) is 0 Å². The molecule has 0 aromatic carbocycles. The number of aliphatic hydroxyl groups is 8. The second kappa shape index (κ2) is 9.42. The van der Waals surface area contributed by atoms with Gasteiger partial charge in [-0.05, 0) is 0 Å². The van der Waals surface area contributed by atoms with Crippen LogP contribution in [0.2, 0.25) is 0 Å². The topological polar surface area (TPSA) is 253 Å². The van der Waals surface area contributed by atoms with Gasteiger partial charge in [0.05, 0.1) is 25.4 Å². The summed E-state index contributed by atoms with van der Waals surface area (Å²) >= 11 is 0. The van der Waals surface area contributed by atoms with Crippen molar-refractivity contribution in [3.8, 4) is 0 Å². The molecule has 0 aliphatic carbocycles. The van der Waals surface area contributed by atoms with Gasteiger partial charge in [0.25, 0.3) is 5.79 Å². The molecule has 11 atom stereocenters. The number of rotatable bonds is 7. The highest BCUT2D eigenvalue weighted by Crippen LogP contribution is 2.33. The summed E-state index contributed by atoms with van der Waals surface area (Å²) in [4.78, 5) is 11.8. The zero-order valence-electron chi connectivity index (χ0n) is 15.1. The van der Waals surface area contributed by atoms with Gasteiger partial charge in [0.1, 0.15) is 42.7 Å². The highest BCUT2D eigenvalue weighted by Gasteiger charge is 2.55. The minimum absolute atomic E-state index is 0.710. The number of nitrogens with two attached hydrogens (primary N) is 1. The Morgan fingerprint density at radius 1 is 1.14 bits per heavy atom. The minimum atomic E-state index is -2.61. The van der Waals surface area contributed by atoms with Crippen molar-refractivity contribution in [2.24, 2.45) is 5.73 Å². The van der Waals surface area contributed by atoms with Gasteiger partial charge in [0.15, 0.2) is 6.29 Å². The number of ether oxygens (including phenoxy) is 3. The number of carbonyl (C=O) groups is 1. The van der Waals surface area contributed by atoms with Crippen LogP contribution in [0.4, 0.5) is 0 Å². The molecule has 0 aromatic heterocycles. The first-order valence-electron chi connectivity index (χ1n) is 8.78. The van der Waals surface area contributed by atoms with Gasteiger partial charge in [-0.2, -0.15) is 0 Å². The van der Waals surface area contributed by atoms with Crippen molar-refractivity contribution in [3.05, 3.63) is 0 Å². The van der Waals surface area contributed by atoms with E-state index in [9.17, 15) is 45.6 Å². The van der Waals surface area contributed by atoms with E-state index >= 15 is 0 Å². The van der Waals surface area contributed by atoms with E-state index in [-0.39, 0.29) is 0 Å². The fraction of sp³-hybridized carbons (Fsp3) is 0.933. The van der Waals surface area contributed by atoms with Crippen molar-refractivity contribution < 1.29 is 65.0 Å². The standard InChI is InChI=1S/C15H27NO13/c16-7-4(18)1-15(14(25)26,29-12(7)8(20)5(19)2-17)27-3-6-9(21)10(22)11(23)13(24)28-6/h4-13,17-24H,1-3,16H2,(H,25,26)/t4-,5-,6?,7-,8-,9-,10?,11+,12?,13?,15-/m1/s1. The van der Waals surface area contributed by atoms with Crippen LogP contribution in [0.25, 0.3) is 0 Å². The van der Waals surface area contributed by atoms with Crippen LogP contribution in [0.3, 0.4) is 0 Å². The highest BCUT2D eigenvalue weighted by molar-refractivity contribution is 5.76. The molecule has 14 heteroatoms. The second-order valence-corrected chi connectivity index (χ2v) is 7.08. The third kappa shape index (κ3) is 4.84. The summed E-state index contributed by atoms with van der Waals surface area (Å²) in [5, 5.41) is 87.0. The van der Waals surface area contributed by atoms with Crippen molar-refractivity contribution in [2.45, 2.75) is 73.4 Å². The lowest BCUT2D eigenvalue weighted by Gasteiger charge is -2.46. The molecule has 29 heavy (non-hydrogen) atoms. The lowest BCUT2D eigenvalue weighted by atomic mass is 9.89. The van der Waals surface area contributed by atoms with E-state index in [4.69, 9.17) is 25.1 Å². The van der Waals surface area contributed by atoms with Crippen LogP contribution < -0.4 is 5.73 Å². The summed E-state index contributed by atoms with van der Waals surface area (Å²) in [5.41, 5.74) is 5.72. The highest BCUT2D eigenvalue weighted by atomic mass is 16.7. The summed E-state index contributed by atoms with van der Waals surface area (Å²) in [6.07, 6.45) is -16.3. The van der Waals surface area contributed by atoms with E-state index in [1.165, 1.54) is 0 Å². The monoisotopic (exact) mass is 429 g/mol. The predicted molar refractivity (Wildman–Crippen MR) is 87.8 cm³/mol. The number of carboxylic acid groups (broad SMARTS) is 1. The summed E-state index contributed by atoms with van der Waals surface area (Å²) in [6, 6.07) is -1.34. The average Bonchev–Trinajstić information content (AvgIpc) is 2.69. The first-order chi connectivity index (χ1) is 13.4. The van der Waals surface area contributed by atoms with Crippen molar-refractivity contribution in [1.82, 2.24) is 0 Å². The maximum absolute atomic E-state index is 11.8. The molecule has 0 saturated carbocycles. The van der Waals surface area contributed by atoms with Crippen LogP contribution >= 0.6 is 0 Å². The third-order valence-corrected chi connectivity index (χ3v) is 5.04. The van der Waals surface area contributed by atoms with Crippen molar-refractivity contribution in [1.29, 1.82) is 0 Å². The van der Waals surface area contributed by atoms with Gasteiger partial charge in [0, 0.05) is 6.42 Å². The Bertz CT molecular complexity index is 566. The maximum Gasteiger partial charge on any atom is 0.364 e. The first-order valence-corrected chi connectivity index (χ1v) is 8.78. The zero-order valence-corrected chi connectivity index (χ0v) is 15.1. The van der Waals surface area contributed by atoms with E-state index in [2.05, 4.69) is 0 Å². The molecule has 2 aliphatic heterocycles. The largest absolute Gasteiger partial charge is 0.477 e. The van der Waals surface area contributed by atoms with Gasteiger partial charge < -0.3 is 65.9 Å². The average molecular weight is 429 g/mol. The molecule has 0 radical (unpaired) electrons. The molecule has 0 bridgehead atoms. The molecule has 2 fully saturated rings. The van der Waals surface area contributed by atoms with Crippen LogP contribution in [-0.4, -0.2) is 132 Å². The number of hydrogen-bond acceptors (Lipinski definition) is 13. The van der Waals surface area contributed by atoms with Crippen molar-refractivity contribution >= 4 is 5.97 Å². The Kier molecular flexibility index (Phi) is 7.88. The summed E-state index contributed by atoms with van der Waals surface area (Å²) in [5.74, 6) is -4.35. The molecule has 2 heterocycles. The quantitative estimate of drug-likeness (QED) is 0.181. The van der Waals surface area contributed by atoms with Crippen molar-refractivity contribution in [3.63, 3.8) is 0 Å². The normalized spacial score (nSPS) is 45.6. The van der Waals surface area contributed by atoms with Crippen LogP contribution in [-0.2, 0) is 19.0 Å². The molecule has 0 amide bonds. The lowest BCUT2D eigenvalue weighted by molar-refractivity contribution is -0.333. The number of aliphatic carboxylic acids is 1. The van der Waals surface area contributed by atoms with Gasteiger partial charge >= 0.3 is 5.97 Å². The number of hydrogen-bond donors (Lipinski definition) is 10. The third-order valence-electron chi connectivity index (χ3n) is 5.04. The molecule has 14 nitrogen and oxygen atoms in total. The van der Waals surface area contributed by atoms with Crippen LogP contribution in [0.1, 0.15) is 6.42 Å². The molecule has 4 unspecified atom stereocenters. The molecular weight excluding hydrogens is 402 g/mol. The number of carboxylic acids is 1. The van der Waals surface area contributed by atoms with Gasteiger partial charge in [-0.25, -0.2) is 4.79 Å². The summed E-state index contributed by atoms with van der Waals surface area (Å²) < 4.78 is 15.4. The lowest BCUT2D eigenvalue weighted by Crippen LogP contribution is -2.67. The Labute approximate surface area is 164 Å². The van der Waals surface area contributed by atoms with Gasteiger partial charge in [0.2, 0.25) is 0 Å². The molecule has 0 spiro atoms. The molecule has 0 aromatic rings. The van der Waals surface area contributed by atoms with Gasteiger partial charge in [-0.1, -0.05) is 0 Å². The Morgan fingerprint density at radius 2 is 1.76 bits per heavy atom. The fourth-order valence-electron chi connectivity index (χ4n) is 3.18.